The smallest absolute Gasteiger partial charge is 0.0716 e. The highest BCUT2D eigenvalue weighted by Crippen LogP contribution is 2.32. The molecule has 2 rings (SSSR count). The zero-order valence-electron chi connectivity index (χ0n) is 13.4. The highest BCUT2D eigenvalue weighted by atomic mass is 16.3. The molecule has 1 N–H and O–H groups in total. The van der Waals surface area contributed by atoms with Crippen LogP contribution in [-0.4, -0.2) is 17.8 Å². The Labute approximate surface area is 128 Å². The summed E-state index contributed by atoms with van der Waals surface area (Å²) in [6, 6.07) is 14.7. The van der Waals surface area contributed by atoms with Crippen molar-refractivity contribution < 1.29 is 5.11 Å². The molecule has 0 heterocycles. The van der Waals surface area contributed by atoms with E-state index in [1.54, 1.807) is 0 Å². The number of benzene rings is 2. The number of nitrogens with zero attached hydrogens (tertiary/aromatic N) is 1. The summed E-state index contributed by atoms with van der Waals surface area (Å²) in [5.41, 5.74) is 6.11. The minimum absolute atomic E-state index is 0.328. The Morgan fingerprint density at radius 3 is 2.10 bits per heavy atom. The summed E-state index contributed by atoms with van der Waals surface area (Å²) < 4.78 is 0. The average Bonchev–Trinajstić information content (AvgIpc) is 2.46. The van der Waals surface area contributed by atoms with Crippen LogP contribution in [0.4, 0.5) is 11.4 Å². The fraction of sp³-hybridized carbons (Fsp3) is 0.368. The van der Waals surface area contributed by atoms with Crippen LogP contribution >= 0.6 is 0 Å². The van der Waals surface area contributed by atoms with Gasteiger partial charge in [-0.15, -0.1) is 0 Å². The lowest BCUT2D eigenvalue weighted by atomic mass is 10.0. The molecule has 1 unspecified atom stereocenters. The molecule has 21 heavy (non-hydrogen) atoms. The maximum atomic E-state index is 10.1. The quantitative estimate of drug-likeness (QED) is 0.872. The van der Waals surface area contributed by atoms with Gasteiger partial charge in [0.25, 0.3) is 0 Å². The van der Waals surface area contributed by atoms with Crippen molar-refractivity contribution in [1.29, 1.82) is 0 Å². The molecule has 2 heteroatoms. The van der Waals surface area contributed by atoms with E-state index in [1.807, 2.05) is 25.1 Å². The molecule has 0 aliphatic carbocycles. The van der Waals surface area contributed by atoms with E-state index >= 15 is 0 Å². The summed E-state index contributed by atoms with van der Waals surface area (Å²) in [5, 5.41) is 10.1. The maximum absolute atomic E-state index is 10.1. The van der Waals surface area contributed by atoms with E-state index in [0.717, 1.165) is 12.1 Å². The molecule has 112 valence electrons. The Balaban J connectivity index is 2.50. The molecular weight excluding hydrogens is 258 g/mol. The van der Waals surface area contributed by atoms with Crippen molar-refractivity contribution in [2.75, 3.05) is 11.4 Å². The van der Waals surface area contributed by atoms with Crippen LogP contribution in [0.5, 0.6) is 0 Å². The van der Waals surface area contributed by atoms with E-state index in [2.05, 4.69) is 49.9 Å². The zero-order chi connectivity index (χ0) is 15.4. The SMILES string of the molecule is CCC(O)CN(c1ccccc1)c1c(C)cc(C)cc1C. The first-order chi connectivity index (χ1) is 10.0. The summed E-state index contributed by atoms with van der Waals surface area (Å²) in [6.45, 7) is 9.04. The highest BCUT2D eigenvalue weighted by molar-refractivity contribution is 5.70. The van der Waals surface area contributed by atoms with E-state index in [4.69, 9.17) is 0 Å². The van der Waals surface area contributed by atoms with Gasteiger partial charge in [-0.3, -0.25) is 0 Å². The first kappa shape index (κ1) is 15.6. The number of aliphatic hydroxyl groups is 1. The standard InChI is InChI=1S/C19H25NO/c1-5-18(21)13-20(17-9-7-6-8-10-17)19-15(3)11-14(2)12-16(19)4/h6-12,18,21H,5,13H2,1-4H3. The summed E-state index contributed by atoms with van der Waals surface area (Å²) in [5.74, 6) is 0. The summed E-state index contributed by atoms with van der Waals surface area (Å²) in [6.07, 6.45) is 0.429. The van der Waals surface area contributed by atoms with E-state index in [9.17, 15) is 5.11 Å². The number of aryl methyl sites for hydroxylation is 3. The fourth-order valence-corrected chi connectivity index (χ4v) is 2.87. The predicted octanol–water partition coefficient (Wildman–Crippen LogP) is 4.52. The Bertz CT molecular complexity index is 569. The van der Waals surface area contributed by atoms with E-state index in [1.165, 1.54) is 22.4 Å². The van der Waals surface area contributed by atoms with Gasteiger partial charge >= 0.3 is 0 Å². The van der Waals surface area contributed by atoms with E-state index < -0.39 is 0 Å². The molecule has 0 fully saturated rings. The van der Waals surface area contributed by atoms with E-state index in [0.29, 0.717) is 6.54 Å². The molecule has 0 bridgehead atoms. The van der Waals surface area contributed by atoms with Gasteiger partial charge in [0.2, 0.25) is 0 Å². The fourth-order valence-electron chi connectivity index (χ4n) is 2.87. The van der Waals surface area contributed by atoms with Crippen molar-refractivity contribution in [2.45, 2.75) is 40.2 Å². The van der Waals surface area contributed by atoms with Crippen molar-refractivity contribution in [2.24, 2.45) is 0 Å². The number of hydrogen-bond acceptors (Lipinski definition) is 2. The van der Waals surface area contributed by atoms with Crippen molar-refractivity contribution in [3.05, 3.63) is 59.2 Å². The number of para-hydroxylation sites is 1. The van der Waals surface area contributed by atoms with Crippen molar-refractivity contribution >= 4 is 11.4 Å². The number of aliphatic hydroxyl groups excluding tert-OH is 1. The third kappa shape index (κ3) is 3.64. The van der Waals surface area contributed by atoms with Crippen molar-refractivity contribution in [3.63, 3.8) is 0 Å². The highest BCUT2D eigenvalue weighted by Gasteiger charge is 2.17. The van der Waals surface area contributed by atoms with Crippen LogP contribution in [-0.2, 0) is 0 Å². The summed E-state index contributed by atoms with van der Waals surface area (Å²) >= 11 is 0. The molecule has 0 aliphatic heterocycles. The maximum Gasteiger partial charge on any atom is 0.0716 e. The van der Waals surface area contributed by atoms with Crippen molar-refractivity contribution in [3.8, 4) is 0 Å². The number of hydrogen-bond donors (Lipinski definition) is 1. The number of anilines is 2. The third-order valence-corrected chi connectivity index (χ3v) is 3.84. The molecule has 0 saturated heterocycles. The molecule has 0 spiro atoms. The Hall–Kier alpha value is -1.80. The summed E-state index contributed by atoms with van der Waals surface area (Å²) in [7, 11) is 0. The average molecular weight is 283 g/mol. The van der Waals surface area contributed by atoms with Gasteiger partial charge in [-0.05, 0) is 50.5 Å². The third-order valence-electron chi connectivity index (χ3n) is 3.84. The minimum Gasteiger partial charge on any atom is -0.391 e. The minimum atomic E-state index is -0.328. The first-order valence-electron chi connectivity index (χ1n) is 7.61. The lowest BCUT2D eigenvalue weighted by Crippen LogP contribution is -2.29. The molecule has 0 amide bonds. The van der Waals surface area contributed by atoms with Gasteiger partial charge in [-0.1, -0.05) is 42.8 Å². The molecular formula is C19H25NO. The Morgan fingerprint density at radius 1 is 1.00 bits per heavy atom. The second-order valence-electron chi connectivity index (χ2n) is 5.76. The van der Waals surface area contributed by atoms with Gasteiger partial charge in [0, 0.05) is 17.9 Å². The zero-order valence-corrected chi connectivity index (χ0v) is 13.4. The van der Waals surface area contributed by atoms with Crippen LogP contribution in [0.25, 0.3) is 0 Å². The topological polar surface area (TPSA) is 23.5 Å². The van der Waals surface area contributed by atoms with Gasteiger partial charge < -0.3 is 10.0 Å². The van der Waals surface area contributed by atoms with Crippen LogP contribution in [0.2, 0.25) is 0 Å². The van der Waals surface area contributed by atoms with Crippen LogP contribution in [0.1, 0.15) is 30.0 Å². The second kappa shape index (κ2) is 6.77. The molecule has 0 aromatic heterocycles. The van der Waals surface area contributed by atoms with Gasteiger partial charge in [-0.25, -0.2) is 0 Å². The van der Waals surface area contributed by atoms with Gasteiger partial charge in [0.15, 0.2) is 0 Å². The van der Waals surface area contributed by atoms with Crippen LogP contribution in [0.15, 0.2) is 42.5 Å². The van der Waals surface area contributed by atoms with Gasteiger partial charge in [0.1, 0.15) is 0 Å². The Morgan fingerprint density at radius 2 is 1.57 bits per heavy atom. The second-order valence-corrected chi connectivity index (χ2v) is 5.76. The predicted molar refractivity (Wildman–Crippen MR) is 90.4 cm³/mol. The first-order valence-corrected chi connectivity index (χ1v) is 7.61. The van der Waals surface area contributed by atoms with E-state index in [-0.39, 0.29) is 6.10 Å². The lowest BCUT2D eigenvalue weighted by Gasteiger charge is -2.30. The largest absolute Gasteiger partial charge is 0.391 e. The Kier molecular flexibility index (Phi) is 5.03. The van der Waals surface area contributed by atoms with Crippen LogP contribution in [0, 0.1) is 20.8 Å². The molecule has 2 aromatic rings. The monoisotopic (exact) mass is 283 g/mol. The lowest BCUT2D eigenvalue weighted by molar-refractivity contribution is 0.178. The molecule has 0 saturated carbocycles. The van der Waals surface area contributed by atoms with Gasteiger partial charge in [-0.2, -0.15) is 0 Å². The summed E-state index contributed by atoms with van der Waals surface area (Å²) in [4.78, 5) is 2.23. The molecule has 1 atom stereocenters. The molecule has 2 aromatic carbocycles. The normalized spacial score (nSPS) is 12.2. The molecule has 0 aliphatic rings. The molecule has 0 radical (unpaired) electrons. The van der Waals surface area contributed by atoms with Gasteiger partial charge in [0.05, 0.1) is 6.10 Å². The van der Waals surface area contributed by atoms with Crippen LogP contribution < -0.4 is 4.90 Å². The van der Waals surface area contributed by atoms with Crippen molar-refractivity contribution in [1.82, 2.24) is 0 Å². The number of rotatable bonds is 5. The van der Waals surface area contributed by atoms with Crippen LogP contribution in [0.3, 0.4) is 0 Å². The molecule has 2 nitrogen and oxygen atoms in total.